The summed E-state index contributed by atoms with van der Waals surface area (Å²) in [6.45, 7) is 3.20. The fourth-order valence-corrected chi connectivity index (χ4v) is 4.02. The van der Waals surface area contributed by atoms with E-state index in [1.807, 2.05) is 24.5 Å². The first-order chi connectivity index (χ1) is 13.7. The van der Waals surface area contributed by atoms with E-state index in [-0.39, 0.29) is 11.9 Å². The minimum absolute atomic E-state index is 0.0269. The molecule has 1 atom stereocenters. The summed E-state index contributed by atoms with van der Waals surface area (Å²) in [5.74, 6) is 1.37. The first kappa shape index (κ1) is 18.2. The van der Waals surface area contributed by atoms with Gasteiger partial charge >= 0.3 is 0 Å². The number of carbonyl (C=O) groups excluding carboxylic acids is 1. The molecule has 2 aromatic heterocycles. The van der Waals surface area contributed by atoms with E-state index < -0.39 is 0 Å². The predicted molar refractivity (Wildman–Crippen MR) is 106 cm³/mol. The molecular formula is C21H24N6O. The van der Waals surface area contributed by atoms with E-state index in [9.17, 15) is 4.79 Å². The van der Waals surface area contributed by atoms with Crippen LogP contribution < -0.4 is 10.2 Å². The topological polar surface area (TPSA) is 85.2 Å². The lowest BCUT2D eigenvalue weighted by molar-refractivity contribution is 0.0938. The van der Waals surface area contributed by atoms with E-state index in [0.29, 0.717) is 24.6 Å². The van der Waals surface area contributed by atoms with Crippen LogP contribution in [0.4, 0.5) is 5.82 Å². The van der Waals surface area contributed by atoms with Crippen molar-refractivity contribution in [1.82, 2.24) is 20.2 Å². The Bertz CT molecular complexity index is 839. The number of nitrogens with zero attached hydrogens (tertiary/aromatic N) is 5. The van der Waals surface area contributed by atoms with Gasteiger partial charge in [0, 0.05) is 50.8 Å². The highest BCUT2D eigenvalue weighted by molar-refractivity contribution is 5.94. The van der Waals surface area contributed by atoms with Crippen LogP contribution in [0.5, 0.6) is 0 Å². The third-order valence-electron chi connectivity index (χ3n) is 5.67. The highest BCUT2D eigenvalue weighted by Gasteiger charge is 2.24. The predicted octanol–water partition coefficient (Wildman–Crippen LogP) is 2.15. The summed E-state index contributed by atoms with van der Waals surface area (Å²) in [5.41, 5.74) is 1.92. The molecule has 0 bridgehead atoms. The zero-order valence-electron chi connectivity index (χ0n) is 15.8. The number of pyridine rings is 2. The first-order valence-electron chi connectivity index (χ1n) is 9.79. The first-order valence-corrected chi connectivity index (χ1v) is 9.79. The number of hydrogen-bond donors (Lipinski definition) is 1. The summed E-state index contributed by atoms with van der Waals surface area (Å²) in [7, 11) is 0. The fraction of sp³-hybridized carbons (Fsp3) is 0.429. The fourth-order valence-electron chi connectivity index (χ4n) is 4.02. The molecule has 7 nitrogen and oxygen atoms in total. The van der Waals surface area contributed by atoms with Crippen molar-refractivity contribution < 1.29 is 4.79 Å². The molecule has 2 saturated heterocycles. The van der Waals surface area contributed by atoms with Crippen LogP contribution in [0.3, 0.4) is 0 Å². The Morgan fingerprint density at radius 1 is 1.11 bits per heavy atom. The Hall–Kier alpha value is -3.14. The van der Waals surface area contributed by atoms with Crippen molar-refractivity contribution in [3.63, 3.8) is 0 Å². The largest absolute Gasteiger partial charge is 0.357 e. The Morgan fingerprint density at radius 2 is 1.89 bits per heavy atom. The molecule has 1 amide bonds. The monoisotopic (exact) mass is 376 g/mol. The third-order valence-corrected chi connectivity index (χ3v) is 5.67. The molecule has 4 rings (SSSR count). The van der Waals surface area contributed by atoms with Crippen molar-refractivity contribution in [3.8, 4) is 6.19 Å². The molecule has 0 radical (unpaired) electrons. The van der Waals surface area contributed by atoms with Gasteiger partial charge in [0.15, 0.2) is 6.19 Å². The number of anilines is 1. The standard InChI is InChI=1S/C21H24N6O/c22-15-26-10-7-19(14-26)25-21(28)18-1-2-20(24-13-18)27-11-5-17(6-12-27)16-3-8-23-9-4-16/h1-4,8-9,13,17,19H,5-7,10-12,14H2,(H,25,28)/t19-/m1/s1. The van der Waals surface area contributed by atoms with Gasteiger partial charge in [-0.1, -0.05) is 0 Å². The molecule has 0 aliphatic carbocycles. The van der Waals surface area contributed by atoms with E-state index in [4.69, 9.17) is 5.26 Å². The van der Waals surface area contributed by atoms with E-state index >= 15 is 0 Å². The van der Waals surface area contributed by atoms with Crippen LogP contribution in [0.25, 0.3) is 0 Å². The third kappa shape index (κ3) is 4.06. The average molecular weight is 376 g/mol. The maximum atomic E-state index is 12.4. The number of piperidine rings is 1. The number of nitrogens with one attached hydrogen (secondary N) is 1. The molecule has 1 N–H and O–H groups in total. The second kappa shape index (κ2) is 8.26. The highest BCUT2D eigenvalue weighted by Crippen LogP contribution is 2.29. The number of hydrogen-bond acceptors (Lipinski definition) is 6. The molecule has 144 valence electrons. The van der Waals surface area contributed by atoms with Gasteiger partial charge in [-0.05, 0) is 55.0 Å². The SMILES string of the molecule is N#CN1CC[C@@H](NC(=O)c2ccc(N3CCC(c4ccncc4)CC3)nc2)C1. The molecule has 0 unspecified atom stereocenters. The molecule has 2 aliphatic heterocycles. The molecule has 28 heavy (non-hydrogen) atoms. The summed E-state index contributed by atoms with van der Waals surface area (Å²) in [4.78, 5) is 25.0. The minimum Gasteiger partial charge on any atom is -0.357 e. The molecule has 4 heterocycles. The van der Waals surface area contributed by atoms with Gasteiger partial charge in [0.2, 0.25) is 0 Å². The number of likely N-dealkylation sites (tertiary alicyclic amines) is 1. The number of rotatable bonds is 4. The second-order valence-electron chi connectivity index (χ2n) is 7.45. The van der Waals surface area contributed by atoms with Gasteiger partial charge in [-0.3, -0.25) is 9.78 Å². The van der Waals surface area contributed by atoms with Crippen LogP contribution in [0.1, 0.15) is 41.1 Å². The Labute approximate surface area is 165 Å². The van der Waals surface area contributed by atoms with Gasteiger partial charge in [0.05, 0.1) is 5.56 Å². The van der Waals surface area contributed by atoms with Crippen LogP contribution in [0.2, 0.25) is 0 Å². The van der Waals surface area contributed by atoms with Gasteiger partial charge in [0.25, 0.3) is 5.91 Å². The number of aromatic nitrogens is 2. The van der Waals surface area contributed by atoms with Gasteiger partial charge in [0.1, 0.15) is 5.82 Å². The van der Waals surface area contributed by atoms with E-state index in [0.717, 1.165) is 38.2 Å². The maximum absolute atomic E-state index is 12.4. The van der Waals surface area contributed by atoms with Crippen LogP contribution in [-0.2, 0) is 0 Å². The Kier molecular flexibility index (Phi) is 5.38. The van der Waals surface area contributed by atoms with Crippen molar-refractivity contribution in [1.29, 1.82) is 5.26 Å². The van der Waals surface area contributed by atoms with Crippen molar-refractivity contribution in [3.05, 3.63) is 54.0 Å². The number of amides is 1. The van der Waals surface area contributed by atoms with Gasteiger partial charge < -0.3 is 15.1 Å². The molecule has 2 fully saturated rings. The smallest absolute Gasteiger partial charge is 0.253 e. The lowest BCUT2D eigenvalue weighted by Gasteiger charge is -2.33. The number of carbonyl (C=O) groups is 1. The summed E-state index contributed by atoms with van der Waals surface area (Å²) >= 11 is 0. The second-order valence-corrected chi connectivity index (χ2v) is 7.45. The lowest BCUT2D eigenvalue weighted by atomic mass is 9.90. The van der Waals surface area contributed by atoms with Gasteiger partial charge in [-0.2, -0.15) is 5.26 Å². The Balaban J connectivity index is 1.31. The minimum atomic E-state index is -0.125. The van der Waals surface area contributed by atoms with E-state index in [1.54, 1.807) is 11.1 Å². The molecule has 0 saturated carbocycles. The van der Waals surface area contributed by atoms with Crippen molar-refractivity contribution in [2.45, 2.75) is 31.2 Å². The zero-order chi connectivity index (χ0) is 19.3. The molecule has 2 aromatic rings. The summed E-state index contributed by atoms with van der Waals surface area (Å²) < 4.78 is 0. The summed E-state index contributed by atoms with van der Waals surface area (Å²) in [6, 6.07) is 8.00. The average Bonchev–Trinajstić information content (AvgIpc) is 3.22. The van der Waals surface area contributed by atoms with E-state index in [2.05, 4.69) is 38.5 Å². The molecule has 7 heteroatoms. The van der Waals surface area contributed by atoms with Crippen LogP contribution in [0, 0.1) is 11.5 Å². The quantitative estimate of drug-likeness (QED) is 0.823. The van der Waals surface area contributed by atoms with Crippen LogP contribution in [0.15, 0.2) is 42.9 Å². The summed E-state index contributed by atoms with van der Waals surface area (Å²) in [5, 5.41) is 11.9. The van der Waals surface area contributed by atoms with Crippen molar-refractivity contribution in [2.24, 2.45) is 0 Å². The summed E-state index contributed by atoms with van der Waals surface area (Å²) in [6.07, 6.45) is 10.5. The van der Waals surface area contributed by atoms with Crippen LogP contribution in [-0.4, -0.2) is 53.0 Å². The normalized spacial score (nSPS) is 20.0. The zero-order valence-corrected chi connectivity index (χ0v) is 15.8. The molecule has 2 aliphatic rings. The van der Waals surface area contributed by atoms with Crippen molar-refractivity contribution in [2.75, 3.05) is 31.1 Å². The highest BCUT2D eigenvalue weighted by atomic mass is 16.1. The molecule has 0 aromatic carbocycles. The molecular weight excluding hydrogens is 352 g/mol. The lowest BCUT2D eigenvalue weighted by Crippen LogP contribution is -2.36. The molecule has 0 spiro atoms. The Morgan fingerprint density at radius 3 is 2.54 bits per heavy atom. The number of nitriles is 1. The van der Waals surface area contributed by atoms with Crippen LogP contribution >= 0.6 is 0 Å². The van der Waals surface area contributed by atoms with Gasteiger partial charge in [-0.15, -0.1) is 0 Å². The van der Waals surface area contributed by atoms with E-state index in [1.165, 1.54) is 5.56 Å². The van der Waals surface area contributed by atoms with Gasteiger partial charge in [-0.25, -0.2) is 4.98 Å². The maximum Gasteiger partial charge on any atom is 0.253 e. The van der Waals surface area contributed by atoms with Crippen molar-refractivity contribution >= 4 is 11.7 Å².